The van der Waals surface area contributed by atoms with Crippen LogP contribution < -0.4 is 21.7 Å². The molecule has 1 amide bonds. The smallest absolute Gasteiger partial charge is 0.251 e. The second-order valence-electron chi connectivity index (χ2n) is 10.9. The second-order valence-corrected chi connectivity index (χ2v) is 10.9. The molecule has 214 valence electrons. The van der Waals surface area contributed by atoms with Gasteiger partial charge in [0.1, 0.15) is 0 Å². The molecule has 0 aliphatic rings. The first-order valence-corrected chi connectivity index (χ1v) is 14.4. The van der Waals surface area contributed by atoms with Gasteiger partial charge in [-0.3, -0.25) is 4.79 Å². The third-order valence-electron chi connectivity index (χ3n) is 7.49. The zero-order valence-corrected chi connectivity index (χ0v) is 25.0. The van der Waals surface area contributed by atoms with E-state index in [0.29, 0.717) is 41.3 Å². The molecule has 2 unspecified atom stereocenters. The van der Waals surface area contributed by atoms with E-state index in [2.05, 4.69) is 80.3 Å². The minimum atomic E-state index is -0.0888. The molecule has 2 atom stereocenters. The molecule has 1 aromatic heterocycles. The number of carbonyl (C=O) groups excluding carboxylic acids is 1. The molecule has 5 N–H and O–H groups in total. The number of aromatic nitrogens is 2. The molecule has 0 saturated heterocycles. The molecule has 0 saturated carbocycles. The SMILES string of the molecule is C=C(NC)c1cc(C(=O)NCC(CC)CCC(C)Cc2nc(Nc3cc(C)cc(C)c3)ncc2CC)ccc1N. The number of aryl methyl sites for hydroxylation is 3. The van der Waals surface area contributed by atoms with Crippen molar-refractivity contribution in [2.75, 3.05) is 24.6 Å². The first kappa shape index (κ1) is 30.7. The predicted molar refractivity (Wildman–Crippen MR) is 168 cm³/mol. The monoisotopic (exact) mass is 542 g/mol. The molecule has 7 heteroatoms. The number of nitrogens with one attached hydrogen (secondary N) is 3. The zero-order valence-electron chi connectivity index (χ0n) is 25.0. The van der Waals surface area contributed by atoms with Crippen molar-refractivity contribution in [1.82, 2.24) is 20.6 Å². The van der Waals surface area contributed by atoms with Crippen LogP contribution in [-0.2, 0) is 12.8 Å². The van der Waals surface area contributed by atoms with E-state index in [4.69, 9.17) is 10.7 Å². The Labute approximate surface area is 240 Å². The van der Waals surface area contributed by atoms with Crippen LogP contribution in [0.3, 0.4) is 0 Å². The molecular weight excluding hydrogens is 496 g/mol. The first-order valence-electron chi connectivity index (χ1n) is 14.4. The average Bonchev–Trinajstić information content (AvgIpc) is 2.92. The molecule has 1 heterocycles. The van der Waals surface area contributed by atoms with Crippen molar-refractivity contribution in [1.29, 1.82) is 0 Å². The topological polar surface area (TPSA) is 105 Å². The molecule has 3 aromatic rings. The summed E-state index contributed by atoms with van der Waals surface area (Å²) in [6, 6.07) is 11.7. The van der Waals surface area contributed by atoms with Gasteiger partial charge in [0.05, 0.1) is 0 Å². The van der Waals surface area contributed by atoms with Crippen LogP contribution in [0.15, 0.2) is 49.2 Å². The van der Waals surface area contributed by atoms with Gasteiger partial charge in [-0.25, -0.2) is 9.97 Å². The largest absolute Gasteiger partial charge is 0.398 e. The fourth-order valence-corrected chi connectivity index (χ4v) is 4.99. The van der Waals surface area contributed by atoms with Gasteiger partial charge >= 0.3 is 0 Å². The summed E-state index contributed by atoms with van der Waals surface area (Å²) in [7, 11) is 1.79. The van der Waals surface area contributed by atoms with Gasteiger partial charge in [0.25, 0.3) is 5.91 Å². The number of nitrogens with two attached hydrogens (primary N) is 1. The van der Waals surface area contributed by atoms with Crippen molar-refractivity contribution >= 4 is 28.9 Å². The highest BCUT2D eigenvalue weighted by Crippen LogP contribution is 2.23. The molecular formula is C33H46N6O. The number of nitrogens with zero attached hydrogens (tertiary/aromatic N) is 2. The highest BCUT2D eigenvalue weighted by Gasteiger charge is 2.16. The van der Waals surface area contributed by atoms with Crippen LogP contribution in [0.5, 0.6) is 0 Å². The predicted octanol–water partition coefficient (Wildman–Crippen LogP) is 6.59. The van der Waals surface area contributed by atoms with Gasteiger partial charge < -0.3 is 21.7 Å². The van der Waals surface area contributed by atoms with E-state index in [1.807, 2.05) is 6.20 Å². The van der Waals surface area contributed by atoms with E-state index in [-0.39, 0.29) is 5.91 Å². The number of nitrogen functional groups attached to an aromatic ring is 1. The first-order chi connectivity index (χ1) is 19.1. The number of anilines is 3. The van der Waals surface area contributed by atoms with Gasteiger partial charge in [-0.15, -0.1) is 0 Å². The van der Waals surface area contributed by atoms with E-state index in [9.17, 15) is 4.79 Å². The Morgan fingerprint density at radius 1 is 1.07 bits per heavy atom. The maximum Gasteiger partial charge on any atom is 0.251 e. The van der Waals surface area contributed by atoms with Gasteiger partial charge in [-0.2, -0.15) is 0 Å². The van der Waals surface area contributed by atoms with Crippen LogP contribution in [-0.4, -0.2) is 29.5 Å². The molecule has 0 spiro atoms. The van der Waals surface area contributed by atoms with Crippen LogP contribution >= 0.6 is 0 Å². The Kier molecular flexibility index (Phi) is 11.1. The normalized spacial score (nSPS) is 12.4. The number of rotatable bonds is 14. The molecule has 7 nitrogen and oxygen atoms in total. The van der Waals surface area contributed by atoms with Gasteiger partial charge in [0.2, 0.25) is 5.95 Å². The number of carbonyl (C=O) groups is 1. The summed E-state index contributed by atoms with van der Waals surface area (Å²) in [5, 5.41) is 9.51. The summed E-state index contributed by atoms with van der Waals surface area (Å²) in [5.74, 6) is 1.42. The van der Waals surface area contributed by atoms with Crippen molar-refractivity contribution in [2.24, 2.45) is 11.8 Å². The second kappa shape index (κ2) is 14.5. The Morgan fingerprint density at radius 2 is 1.80 bits per heavy atom. The number of hydrogen-bond acceptors (Lipinski definition) is 6. The van der Waals surface area contributed by atoms with Gasteiger partial charge in [0, 0.05) is 53.7 Å². The summed E-state index contributed by atoms with van der Waals surface area (Å²) in [6.07, 6.45) is 6.88. The lowest BCUT2D eigenvalue weighted by Gasteiger charge is -2.19. The van der Waals surface area contributed by atoms with E-state index in [1.165, 1.54) is 16.7 Å². The lowest BCUT2D eigenvalue weighted by Crippen LogP contribution is -2.29. The highest BCUT2D eigenvalue weighted by atomic mass is 16.1. The molecule has 0 aliphatic carbocycles. The summed E-state index contributed by atoms with van der Waals surface area (Å²) in [6.45, 7) is 15.4. The van der Waals surface area contributed by atoms with Crippen LogP contribution in [0.25, 0.3) is 5.70 Å². The molecule has 3 rings (SSSR count). The summed E-state index contributed by atoms with van der Waals surface area (Å²) < 4.78 is 0. The third kappa shape index (κ3) is 8.57. The lowest BCUT2D eigenvalue weighted by molar-refractivity contribution is 0.0945. The number of amides is 1. The Hall–Kier alpha value is -3.87. The maximum atomic E-state index is 12.9. The molecule has 0 radical (unpaired) electrons. The Bertz CT molecular complexity index is 1300. The quantitative estimate of drug-likeness (QED) is 0.171. The fourth-order valence-electron chi connectivity index (χ4n) is 4.99. The molecule has 0 bridgehead atoms. The summed E-state index contributed by atoms with van der Waals surface area (Å²) in [4.78, 5) is 22.4. The minimum Gasteiger partial charge on any atom is -0.398 e. The van der Waals surface area contributed by atoms with Crippen LogP contribution in [0.2, 0.25) is 0 Å². The number of hydrogen-bond donors (Lipinski definition) is 4. The standard InChI is InChI=1S/C33H46N6O/c1-8-25(19-36-32(40)27-12-13-30(34)29(18-27)24(6)35-7)11-10-21(3)17-31-26(9-2)20-37-33(39-31)38-28-15-22(4)14-23(5)16-28/h12-16,18,20-21,25,35H,6,8-11,17,19,34H2,1-5,7H3,(H,36,40)(H,37,38,39). The Morgan fingerprint density at radius 3 is 2.45 bits per heavy atom. The molecule has 2 aromatic carbocycles. The molecule has 0 fully saturated rings. The fraction of sp³-hybridized carbons (Fsp3) is 0.424. The maximum absolute atomic E-state index is 12.9. The van der Waals surface area contributed by atoms with Crippen molar-refractivity contribution in [3.05, 3.63) is 82.7 Å². The Balaban J connectivity index is 1.57. The highest BCUT2D eigenvalue weighted by molar-refractivity contribution is 5.96. The van der Waals surface area contributed by atoms with Crippen molar-refractivity contribution in [3.8, 4) is 0 Å². The average molecular weight is 543 g/mol. The van der Waals surface area contributed by atoms with Crippen molar-refractivity contribution in [2.45, 2.75) is 66.7 Å². The van der Waals surface area contributed by atoms with Gasteiger partial charge in [-0.05, 0) is 92.0 Å². The summed E-state index contributed by atoms with van der Waals surface area (Å²) in [5.41, 5.74) is 14.4. The minimum absolute atomic E-state index is 0.0888. The van der Waals surface area contributed by atoms with E-state index >= 15 is 0 Å². The molecule has 0 aliphatic heterocycles. The van der Waals surface area contributed by atoms with Crippen LogP contribution in [0, 0.1) is 25.7 Å². The van der Waals surface area contributed by atoms with Crippen LogP contribution in [0.4, 0.5) is 17.3 Å². The van der Waals surface area contributed by atoms with Crippen molar-refractivity contribution < 1.29 is 4.79 Å². The zero-order chi connectivity index (χ0) is 29.2. The summed E-state index contributed by atoms with van der Waals surface area (Å²) >= 11 is 0. The van der Waals surface area contributed by atoms with Gasteiger partial charge in [0.15, 0.2) is 0 Å². The van der Waals surface area contributed by atoms with E-state index in [0.717, 1.165) is 49.0 Å². The van der Waals surface area contributed by atoms with E-state index < -0.39 is 0 Å². The third-order valence-corrected chi connectivity index (χ3v) is 7.49. The van der Waals surface area contributed by atoms with Gasteiger partial charge in [-0.1, -0.05) is 46.3 Å². The van der Waals surface area contributed by atoms with E-state index in [1.54, 1.807) is 25.2 Å². The van der Waals surface area contributed by atoms with Crippen molar-refractivity contribution in [3.63, 3.8) is 0 Å². The lowest BCUT2D eigenvalue weighted by atomic mass is 9.91. The molecule has 40 heavy (non-hydrogen) atoms. The number of benzene rings is 2. The van der Waals surface area contributed by atoms with Crippen LogP contribution in [0.1, 0.15) is 78.3 Å².